The third kappa shape index (κ3) is 2.91. The van der Waals surface area contributed by atoms with Crippen LogP contribution in [-0.2, 0) is 23.9 Å². The smallest absolute Gasteiger partial charge is 0.313 e. The van der Waals surface area contributed by atoms with Crippen LogP contribution >= 0.6 is 0 Å². The fourth-order valence-electron chi connectivity index (χ4n) is 6.44. The first-order valence-electron chi connectivity index (χ1n) is 11.4. The van der Waals surface area contributed by atoms with Gasteiger partial charge in [-0.25, -0.2) is 0 Å². The van der Waals surface area contributed by atoms with Crippen molar-refractivity contribution < 1.29 is 29.0 Å². The van der Waals surface area contributed by atoms with Gasteiger partial charge in [-0.1, -0.05) is 37.5 Å². The van der Waals surface area contributed by atoms with Crippen molar-refractivity contribution in [2.75, 3.05) is 26.3 Å². The van der Waals surface area contributed by atoms with Crippen molar-refractivity contribution in [1.29, 1.82) is 0 Å². The number of esters is 1. The van der Waals surface area contributed by atoms with Gasteiger partial charge in [0.2, 0.25) is 11.8 Å². The number of carbonyl (C=O) groups is 3. The molecule has 168 valence electrons. The summed E-state index contributed by atoms with van der Waals surface area (Å²) in [5, 5.41) is 9.67. The molecule has 2 saturated heterocycles. The highest BCUT2D eigenvalue weighted by Crippen LogP contribution is 2.57. The number of hydrogen-bond acceptors (Lipinski definition) is 6. The van der Waals surface area contributed by atoms with Gasteiger partial charge in [-0.2, -0.15) is 0 Å². The van der Waals surface area contributed by atoms with Gasteiger partial charge in [-0.05, 0) is 25.8 Å². The molecule has 5 atom stereocenters. The van der Waals surface area contributed by atoms with Gasteiger partial charge in [0.05, 0.1) is 18.1 Å². The lowest BCUT2D eigenvalue weighted by Gasteiger charge is -2.40. The van der Waals surface area contributed by atoms with Crippen molar-refractivity contribution in [1.82, 2.24) is 9.80 Å². The van der Waals surface area contributed by atoms with Gasteiger partial charge in [-0.15, -0.1) is 0 Å². The molecule has 0 aromatic heterocycles. The maximum Gasteiger partial charge on any atom is 0.313 e. The number of rotatable bonds is 3. The molecule has 0 aromatic rings. The molecule has 31 heavy (non-hydrogen) atoms. The quantitative estimate of drug-likeness (QED) is 0.526. The van der Waals surface area contributed by atoms with Gasteiger partial charge in [0, 0.05) is 19.1 Å². The Morgan fingerprint density at radius 3 is 2.58 bits per heavy atom. The normalized spacial score (nSPS) is 40.3. The van der Waals surface area contributed by atoms with E-state index in [0.29, 0.717) is 6.54 Å². The number of fused-ring (bicyclic) bond motifs is 2. The molecule has 3 fully saturated rings. The van der Waals surface area contributed by atoms with Crippen LogP contribution in [0.1, 0.15) is 39.0 Å². The van der Waals surface area contributed by atoms with Crippen LogP contribution in [0.5, 0.6) is 0 Å². The van der Waals surface area contributed by atoms with Gasteiger partial charge < -0.3 is 24.4 Å². The van der Waals surface area contributed by atoms with Crippen LogP contribution in [0.15, 0.2) is 24.3 Å². The van der Waals surface area contributed by atoms with Crippen molar-refractivity contribution in [3.8, 4) is 0 Å². The van der Waals surface area contributed by atoms with E-state index in [1.165, 1.54) is 11.3 Å². The Morgan fingerprint density at radius 1 is 1.06 bits per heavy atom. The summed E-state index contributed by atoms with van der Waals surface area (Å²) in [6.45, 7) is 2.14. The van der Waals surface area contributed by atoms with Gasteiger partial charge in [0.25, 0.3) is 0 Å². The minimum Gasteiger partial charge on any atom is -0.461 e. The van der Waals surface area contributed by atoms with Crippen LogP contribution < -0.4 is 0 Å². The van der Waals surface area contributed by atoms with E-state index < -0.39 is 35.0 Å². The number of cyclic esters (lactones) is 1. The summed E-state index contributed by atoms with van der Waals surface area (Å²) in [5.41, 5.74) is -2.30. The van der Waals surface area contributed by atoms with E-state index in [1.54, 1.807) is 19.1 Å². The van der Waals surface area contributed by atoms with Crippen LogP contribution in [-0.4, -0.2) is 82.3 Å². The molecule has 4 heterocycles. The molecule has 1 unspecified atom stereocenters. The van der Waals surface area contributed by atoms with Crippen molar-refractivity contribution in [2.45, 2.75) is 62.3 Å². The molecule has 5 rings (SSSR count). The maximum atomic E-state index is 14.0. The highest BCUT2D eigenvalue weighted by Gasteiger charge is 2.74. The van der Waals surface area contributed by atoms with Crippen molar-refractivity contribution in [3.05, 3.63) is 24.3 Å². The van der Waals surface area contributed by atoms with Gasteiger partial charge >= 0.3 is 5.97 Å². The second kappa shape index (κ2) is 7.45. The Bertz CT molecular complexity index is 849. The minimum absolute atomic E-state index is 0.0253. The predicted molar refractivity (Wildman–Crippen MR) is 110 cm³/mol. The first-order chi connectivity index (χ1) is 14.9. The van der Waals surface area contributed by atoms with Crippen LogP contribution in [0.25, 0.3) is 0 Å². The number of hydrogen-bond donors (Lipinski definition) is 1. The fourth-order valence-corrected chi connectivity index (χ4v) is 6.44. The molecule has 0 bridgehead atoms. The van der Waals surface area contributed by atoms with Gasteiger partial charge in [0.1, 0.15) is 24.2 Å². The summed E-state index contributed by atoms with van der Waals surface area (Å²) in [6, 6.07) is -0.763. The first kappa shape index (κ1) is 20.7. The molecule has 0 radical (unpaired) electrons. The minimum atomic E-state index is -1.26. The Balaban J connectivity index is 1.60. The van der Waals surface area contributed by atoms with Crippen LogP contribution in [0.4, 0.5) is 0 Å². The lowest BCUT2D eigenvalue weighted by molar-refractivity contribution is -0.158. The summed E-state index contributed by atoms with van der Waals surface area (Å²) < 4.78 is 11.9. The molecular weight excluding hydrogens is 400 g/mol. The third-order valence-electron chi connectivity index (χ3n) is 7.70. The number of aliphatic hydroxyl groups is 1. The number of β-amino-alcohol motifs (C(OH)–C–C–N with tert-alkyl or cyclic N) is 1. The average Bonchev–Trinajstić information content (AvgIpc) is 3.00. The highest BCUT2D eigenvalue weighted by molar-refractivity contribution is 5.99. The zero-order valence-electron chi connectivity index (χ0n) is 17.9. The molecule has 1 spiro atoms. The molecule has 1 saturated carbocycles. The summed E-state index contributed by atoms with van der Waals surface area (Å²) in [4.78, 5) is 43.8. The third-order valence-corrected chi connectivity index (χ3v) is 7.70. The summed E-state index contributed by atoms with van der Waals surface area (Å²) in [7, 11) is 0. The lowest BCUT2D eigenvalue weighted by atomic mass is 9.74. The van der Waals surface area contributed by atoms with E-state index in [2.05, 4.69) is 0 Å². The van der Waals surface area contributed by atoms with E-state index in [1.807, 2.05) is 17.1 Å². The van der Waals surface area contributed by atoms with Crippen LogP contribution in [0.3, 0.4) is 0 Å². The number of amides is 2. The van der Waals surface area contributed by atoms with Crippen LogP contribution in [0.2, 0.25) is 0 Å². The van der Waals surface area contributed by atoms with Crippen LogP contribution in [0, 0.1) is 11.8 Å². The molecule has 8 heteroatoms. The lowest BCUT2D eigenvalue weighted by Crippen LogP contribution is -2.58. The molecular formula is C23H30N2O6. The molecule has 8 nitrogen and oxygen atoms in total. The van der Waals surface area contributed by atoms with E-state index in [9.17, 15) is 19.5 Å². The molecule has 2 amide bonds. The Labute approximate surface area is 181 Å². The number of likely N-dealkylation sites (tertiary alicyclic amines) is 1. The first-order valence-corrected chi connectivity index (χ1v) is 11.4. The topological polar surface area (TPSA) is 96.4 Å². The van der Waals surface area contributed by atoms with E-state index in [4.69, 9.17) is 9.47 Å². The molecule has 1 aliphatic carbocycles. The van der Waals surface area contributed by atoms with Crippen molar-refractivity contribution in [2.24, 2.45) is 11.8 Å². The molecule has 4 aliphatic heterocycles. The number of ether oxygens (including phenoxy) is 2. The number of aliphatic hydroxyl groups excluding tert-OH is 1. The van der Waals surface area contributed by atoms with E-state index in [-0.39, 0.29) is 37.6 Å². The SMILES string of the molecule is C[C@@]12C=CCOC(=O)[C@@H]1[C@H]1C(=O)N(CCO)C3C(=O)N(C4CCCCC4)CC=C[C@@]31O2. The Kier molecular flexibility index (Phi) is 4.97. The predicted octanol–water partition coefficient (Wildman–Crippen LogP) is 0.794. The van der Waals surface area contributed by atoms with Crippen molar-refractivity contribution >= 4 is 17.8 Å². The average molecular weight is 431 g/mol. The second-order valence-corrected chi connectivity index (χ2v) is 9.47. The zero-order valence-corrected chi connectivity index (χ0v) is 17.9. The second-order valence-electron chi connectivity index (χ2n) is 9.47. The number of nitrogens with zero attached hydrogens (tertiary/aromatic N) is 2. The van der Waals surface area contributed by atoms with E-state index >= 15 is 0 Å². The Morgan fingerprint density at radius 2 is 1.84 bits per heavy atom. The molecule has 0 aromatic carbocycles. The summed E-state index contributed by atoms with van der Waals surface area (Å²) in [5.74, 6) is -2.68. The highest BCUT2D eigenvalue weighted by atomic mass is 16.6. The monoisotopic (exact) mass is 430 g/mol. The summed E-state index contributed by atoms with van der Waals surface area (Å²) >= 11 is 0. The number of carbonyl (C=O) groups excluding carboxylic acids is 3. The standard InChI is InChI=1S/C23H30N2O6/c1-22-9-6-14-30-21(29)17(22)16-19(27)25(12-13-26)18-20(28)24(15-7-3-2-4-8-15)11-5-10-23(16,18)31-22/h5-6,9-10,15-18,26H,2-4,7-8,11-14H2,1H3/t16-,17-,18?,22+,23-/m0/s1. The fraction of sp³-hybridized carbons (Fsp3) is 0.696. The Hall–Kier alpha value is -2.19. The van der Waals surface area contributed by atoms with E-state index in [0.717, 1.165) is 25.7 Å². The van der Waals surface area contributed by atoms with Gasteiger partial charge in [0.15, 0.2) is 0 Å². The molecule has 1 N–H and O–H groups in total. The summed E-state index contributed by atoms with van der Waals surface area (Å²) in [6.07, 6.45) is 12.5. The zero-order chi connectivity index (χ0) is 21.8. The van der Waals surface area contributed by atoms with Gasteiger partial charge in [-0.3, -0.25) is 14.4 Å². The maximum absolute atomic E-state index is 14.0. The largest absolute Gasteiger partial charge is 0.461 e. The molecule has 5 aliphatic rings. The van der Waals surface area contributed by atoms with Crippen molar-refractivity contribution in [3.63, 3.8) is 0 Å².